The Morgan fingerprint density at radius 2 is 2.06 bits per heavy atom. The van der Waals surface area contributed by atoms with Crippen LogP contribution in [0.4, 0.5) is 14.9 Å². The molecular formula is C13H14FNO3. The van der Waals surface area contributed by atoms with Crippen molar-refractivity contribution in [3.8, 4) is 0 Å². The Morgan fingerprint density at radius 1 is 1.39 bits per heavy atom. The van der Waals surface area contributed by atoms with E-state index in [1.54, 1.807) is 20.8 Å². The van der Waals surface area contributed by atoms with Gasteiger partial charge in [-0.15, -0.1) is 0 Å². The molecule has 0 saturated heterocycles. The van der Waals surface area contributed by atoms with Crippen molar-refractivity contribution in [2.75, 3.05) is 4.90 Å². The van der Waals surface area contributed by atoms with Gasteiger partial charge in [0.2, 0.25) is 5.91 Å². The molecule has 0 fully saturated rings. The van der Waals surface area contributed by atoms with E-state index in [4.69, 9.17) is 4.74 Å². The standard InChI is InChI=1S/C13H14FNO3/c1-13(2,3)18-12(17)15-10-5-4-9(14)6-8(10)7-11(15)16/h4-6H,7H2,1-3H3. The number of benzene rings is 1. The van der Waals surface area contributed by atoms with Gasteiger partial charge in [0, 0.05) is 0 Å². The highest BCUT2D eigenvalue weighted by Crippen LogP contribution is 2.30. The highest BCUT2D eigenvalue weighted by atomic mass is 19.1. The van der Waals surface area contributed by atoms with Crippen LogP contribution in [0.1, 0.15) is 26.3 Å². The highest BCUT2D eigenvalue weighted by Gasteiger charge is 2.35. The molecule has 1 aromatic carbocycles. The minimum absolute atomic E-state index is 0.0202. The number of carbonyl (C=O) groups is 2. The summed E-state index contributed by atoms with van der Waals surface area (Å²) in [5, 5.41) is 0. The van der Waals surface area contributed by atoms with Crippen molar-refractivity contribution in [2.24, 2.45) is 0 Å². The second-order valence-corrected chi connectivity index (χ2v) is 5.16. The van der Waals surface area contributed by atoms with E-state index >= 15 is 0 Å². The molecule has 1 heterocycles. The fourth-order valence-electron chi connectivity index (χ4n) is 1.80. The number of halogens is 1. The van der Waals surface area contributed by atoms with Crippen molar-refractivity contribution in [3.05, 3.63) is 29.6 Å². The Balaban J connectivity index is 2.31. The molecule has 0 unspecified atom stereocenters. The second-order valence-electron chi connectivity index (χ2n) is 5.16. The zero-order valence-electron chi connectivity index (χ0n) is 10.5. The number of nitrogens with zero attached hydrogens (tertiary/aromatic N) is 1. The molecule has 1 aliphatic rings. The van der Waals surface area contributed by atoms with E-state index in [1.807, 2.05) is 0 Å². The molecule has 0 atom stereocenters. The zero-order chi connectivity index (χ0) is 13.5. The van der Waals surface area contributed by atoms with Crippen LogP contribution < -0.4 is 4.90 Å². The second kappa shape index (κ2) is 4.08. The van der Waals surface area contributed by atoms with Crippen LogP contribution in [0.3, 0.4) is 0 Å². The van der Waals surface area contributed by atoms with Gasteiger partial charge in [0.15, 0.2) is 0 Å². The van der Waals surface area contributed by atoms with Crippen molar-refractivity contribution >= 4 is 17.7 Å². The predicted molar refractivity (Wildman–Crippen MR) is 63.8 cm³/mol. The van der Waals surface area contributed by atoms with Crippen LogP contribution in [-0.4, -0.2) is 17.6 Å². The van der Waals surface area contributed by atoms with Crippen molar-refractivity contribution in [2.45, 2.75) is 32.8 Å². The lowest BCUT2D eigenvalue weighted by molar-refractivity contribution is -0.117. The van der Waals surface area contributed by atoms with Gasteiger partial charge in [0.1, 0.15) is 11.4 Å². The average molecular weight is 251 g/mol. The van der Waals surface area contributed by atoms with Crippen molar-refractivity contribution in [3.63, 3.8) is 0 Å². The van der Waals surface area contributed by atoms with Gasteiger partial charge in [0.05, 0.1) is 12.1 Å². The van der Waals surface area contributed by atoms with Gasteiger partial charge in [-0.3, -0.25) is 4.79 Å². The third kappa shape index (κ3) is 2.34. The Kier molecular flexibility index (Phi) is 2.84. The number of rotatable bonds is 0. The molecule has 0 aliphatic carbocycles. The number of hydrogen-bond donors (Lipinski definition) is 0. The van der Waals surface area contributed by atoms with Crippen LogP contribution in [-0.2, 0) is 16.0 Å². The molecule has 5 heteroatoms. The minimum atomic E-state index is -0.724. The third-order valence-corrected chi connectivity index (χ3v) is 2.45. The molecule has 2 amide bonds. The summed E-state index contributed by atoms with van der Waals surface area (Å²) >= 11 is 0. The number of anilines is 1. The molecule has 0 bridgehead atoms. The maximum atomic E-state index is 13.0. The van der Waals surface area contributed by atoms with Gasteiger partial charge < -0.3 is 4.74 Å². The van der Waals surface area contributed by atoms with E-state index in [-0.39, 0.29) is 6.42 Å². The van der Waals surface area contributed by atoms with Crippen LogP contribution in [0, 0.1) is 5.82 Å². The first-order valence-electron chi connectivity index (χ1n) is 5.62. The molecule has 0 aromatic heterocycles. The summed E-state index contributed by atoms with van der Waals surface area (Å²) in [7, 11) is 0. The third-order valence-electron chi connectivity index (χ3n) is 2.45. The molecular weight excluding hydrogens is 237 g/mol. The highest BCUT2D eigenvalue weighted by molar-refractivity contribution is 6.17. The first-order valence-corrected chi connectivity index (χ1v) is 5.62. The van der Waals surface area contributed by atoms with Crippen molar-refractivity contribution in [1.29, 1.82) is 0 Å². The smallest absolute Gasteiger partial charge is 0.421 e. The molecule has 4 nitrogen and oxygen atoms in total. The average Bonchev–Trinajstić information content (AvgIpc) is 2.50. The molecule has 0 N–H and O–H groups in total. The van der Waals surface area contributed by atoms with Crippen LogP contribution in [0.15, 0.2) is 18.2 Å². The van der Waals surface area contributed by atoms with Gasteiger partial charge in [-0.25, -0.2) is 14.1 Å². The summed E-state index contributed by atoms with van der Waals surface area (Å²) in [6, 6.07) is 3.89. The zero-order valence-corrected chi connectivity index (χ0v) is 10.5. The van der Waals surface area contributed by atoms with E-state index in [0.29, 0.717) is 11.3 Å². The molecule has 18 heavy (non-hydrogen) atoms. The topological polar surface area (TPSA) is 46.6 Å². The Bertz CT molecular complexity index is 519. The fraction of sp³-hybridized carbons (Fsp3) is 0.385. The van der Waals surface area contributed by atoms with Crippen LogP contribution in [0.25, 0.3) is 0 Å². The first kappa shape index (κ1) is 12.5. The van der Waals surface area contributed by atoms with E-state index in [2.05, 4.69) is 0 Å². The summed E-state index contributed by atoms with van der Waals surface area (Å²) < 4.78 is 18.2. The normalized spacial score (nSPS) is 14.7. The van der Waals surface area contributed by atoms with Crippen LogP contribution in [0.5, 0.6) is 0 Å². The first-order chi connectivity index (χ1) is 8.28. The molecule has 96 valence electrons. The Morgan fingerprint density at radius 3 is 2.67 bits per heavy atom. The molecule has 2 rings (SSSR count). The molecule has 0 saturated carbocycles. The van der Waals surface area contributed by atoms with Crippen LogP contribution in [0.2, 0.25) is 0 Å². The summed E-state index contributed by atoms with van der Waals surface area (Å²) in [4.78, 5) is 24.6. The summed E-state index contributed by atoms with van der Waals surface area (Å²) in [5.74, 6) is -0.822. The fourth-order valence-corrected chi connectivity index (χ4v) is 1.80. The maximum absolute atomic E-state index is 13.0. The van der Waals surface area contributed by atoms with Gasteiger partial charge in [-0.05, 0) is 44.5 Å². The van der Waals surface area contributed by atoms with Gasteiger partial charge in [-0.1, -0.05) is 0 Å². The monoisotopic (exact) mass is 251 g/mol. The minimum Gasteiger partial charge on any atom is -0.443 e. The molecule has 0 radical (unpaired) electrons. The number of amides is 2. The largest absolute Gasteiger partial charge is 0.443 e. The number of imide groups is 1. The number of hydrogen-bond acceptors (Lipinski definition) is 3. The summed E-state index contributed by atoms with van der Waals surface area (Å²) in [5.41, 5.74) is 0.224. The van der Waals surface area contributed by atoms with Gasteiger partial charge >= 0.3 is 6.09 Å². The van der Waals surface area contributed by atoms with E-state index in [9.17, 15) is 14.0 Å². The quantitative estimate of drug-likeness (QED) is 0.712. The SMILES string of the molecule is CC(C)(C)OC(=O)N1C(=O)Cc2cc(F)ccc21. The molecule has 1 aliphatic heterocycles. The van der Waals surface area contributed by atoms with E-state index in [1.165, 1.54) is 18.2 Å². The van der Waals surface area contributed by atoms with Crippen molar-refractivity contribution in [1.82, 2.24) is 0 Å². The number of ether oxygens (including phenoxy) is 1. The predicted octanol–water partition coefficient (Wildman–Crippen LogP) is 2.65. The van der Waals surface area contributed by atoms with E-state index in [0.717, 1.165) is 4.90 Å². The lowest BCUT2D eigenvalue weighted by atomic mass is 10.1. The summed E-state index contributed by atoms with van der Waals surface area (Å²) in [6.45, 7) is 5.16. The maximum Gasteiger partial charge on any atom is 0.421 e. The number of fused-ring (bicyclic) bond motifs is 1. The van der Waals surface area contributed by atoms with Crippen molar-refractivity contribution < 1.29 is 18.7 Å². The van der Waals surface area contributed by atoms with E-state index < -0.39 is 23.4 Å². The lowest BCUT2D eigenvalue weighted by Crippen LogP contribution is -2.38. The summed E-state index contributed by atoms with van der Waals surface area (Å²) in [6.07, 6.45) is -0.704. The van der Waals surface area contributed by atoms with Crippen LogP contribution >= 0.6 is 0 Å². The van der Waals surface area contributed by atoms with Gasteiger partial charge in [0.25, 0.3) is 0 Å². The number of carbonyl (C=O) groups excluding carboxylic acids is 2. The Hall–Kier alpha value is -1.91. The van der Waals surface area contributed by atoms with Gasteiger partial charge in [-0.2, -0.15) is 0 Å². The molecule has 0 spiro atoms. The molecule has 1 aromatic rings. The Labute approximate surface area is 104 Å². The lowest BCUT2D eigenvalue weighted by Gasteiger charge is -2.23.